The Balaban J connectivity index is 4.36. The Bertz CT molecular complexity index is 609. The average Bonchev–Trinajstić information content (AvgIpc) is 3.00. The lowest BCUT2D eigenvalue weighted by molar-refractivity contribution is -0.0605. The van der Waals surface area contributed by atoms with E-state index in [1.54, 1.807) is 7.11 Å². The number of nitrogens with zero attached hydrogens (tertiary/aromatic N) is 1. The molecule has 0 fully saturated rings. The smallest absolute Gasteiger partial charge is 0.317 e. The molecule has 0 rings (SSSR count). The van der Waals surface area contributed by atoms with E-state index in [4.69, 9.17) is 9.47 Å². The lowest BCUT2D eigenvalue weighted by Gasteiger charge is -2.29. The molecule has 0 unspecified atom stereocenters. The molecule has 0 aliphatic heterocycles. The third-order valence-electron chi connectivity index (χ3n) is 9.60. The molecule has 0 bridgehead atoms. The van der Waals surface area contributed by atoms with Gasteiger partial charge in [0.1, 0.15) is 0 Å². The number of carbonyl (C=O) groups is 1. The summed E-state index contributed by atoms with van der Waals surface area (Å²) in [4.78, 5) is 15.3. The zero-order chi connectivity index (χ0) is 33.5. The second kappa shape index (κ2) is 30.5. The molecule has 45 heavy (non-hydrogen) atoms. The van der Waals surface area contributed by atoms with Gasteiger partial charge in [0.2, 0.25) is 0 Å². The van der Waals surface area contributed by atoms with E-state index in [9.17, 15) is 4.79 Å². The van der Waals surface area contributed by atoms with E-state index >= 15 is 0 Å². The van der Waals surface area contributed by atoms with E-state index in [1.165, 1.54) is 141 Å². The van der Waals surface area contributed by atoms with Crippen molar-refractivity contribution in [1.29, 1.82) is 0 Å². The van der Waals surface area contributed by atoms with Crippen molar-refractivity contribution in [2.45, 2.75) is 220 Å². The largest absolute Gasteiger partial charge is 0.379 e. The summed E-state index contributed by atoms with van der Waals surface area (Å²) in [6.07, 6.45) is 34.0. The quantitative estimate of drug-likeness (QED) is 0.0713. The van der Waals surface area contributed by atoms with Gasteiger partial charge in [-0.25, -0.2) is 4.79 Å². The molecule has 5 heteroatoms. The zero-order valence-corrected chi connectivity index (χ0v) is 31.9. The molecule has 1 N–H and O–H groups in total. The standard InChI is InChI=1S/C40H82N2O3/c1-8-10-12-14-16-18-20-22-24-26-28-30-35-42(36-31-29-27-25-23-21-19-17-15-13-11-9-2)38(43)41-34-32-40(5,6)45-37-33-39(3,4)44-7/h8-37H2,1-7H3,(H,41,43). The van der Waals surface area contributed by atoms with Crippen LogP contribution in [0.2, 0.25) is 0 Å². The Hall–Kier alpha value is -0.810. The van der Waals surface area contributed by atoms with Gasteiger partial charge in [-0.3, -0.25) is 0 Å². The molecule has 0 atom stereocenters. The number of hydrogen-bond donors (Lipinski definition) is 1. The Morgan fingerprint density at radius 1 is 0.533 bits per heavy atom. The summed E-state index contributed by atoms with van der Waals surface area (Å²) in [5.41, 5.74) is -0.445. The first-order chi connectivity index (χ1) is 21.7. The van der Waals surface area contributed by atoms with E-state index in [2.05, 4.69) is 51.8 Å². The monoisotopic (exact) mass is 639 g/mol. The molecule has 0 aromatic rings. The molecule has 0 saturated carbocycles. The maximum atomic E-state index is 13.2. The highest BCUT2D eigenvalue weighted by Gasteiger charge is 2.22. The lowest BCUT2D eigenvalue weighted by Crippen LogP contribution is -2.43. The summed E-state index contributed by atoms with van der Waals surface area (Å²) in [5, 5.41) is 3.23. The van der Waals surface area contributed by atoms with Gasteiger partial charge in [0.05, 0.1) is 17.8 Å². The zero-order valence-electron chi connectivity index (χ0n) is 31.9. The number of methoxy groups -OCH3 is 1. The molecule has 0 aliphatic carbocycles. The SMILES string of the molecule is CCCCCCCCCCCCCCN(CCCCCCCCCCCCCC)C(=O)NCCC(C)(C)OCCC(C)(C)OC. The molecule has 2 amide bonds. The second-order valence-corrected chi connectivity index (χ2v) is 15.1. The lowest BCUT2D eigenvalue weighted by atomic mass is 10.0. The topological polar surface area (TPSA) is 50.8 Å². The van der Waals surface area contributed by atoms with Crippen LogP contribution in [0, 0.1) is 0 Å². The van der Waals surface area contributed by atoms with Crippen LogP contribution in [0.4, 0.5) is 4.79 Å². The maximum Gasteiger partial charge on any atom is 0.317 e. The van der Waals surface area contributed by atoms with Crippen LogP contribution in [-0.4, -0.2) is 55.5 Å². The van der Waals surface area contributed by atoms with Crippen LogP contribution < -0.4 is 5.32 Å². The van der Waals surface area contributed by atoms with Gasteiger partial charge >= 0.3 is 6.03 Å². The summed E-state index contributed by atoms with van der Waals surface area (Å²) in [7, 11) is 1.75. The summed E-state index contributed by atoms with van der Waals surface area (Å²) in [5.74, 6) is 0. The van der Waals surface area contributed by atoms with Crippen molar-refractivity contribution in [2.75, 3.05) is 33.4 Å². The van der Waals surface area contributed by atoms with Gasteiger partial charge in [0, 0.05) is 26.7 Å². The number of urea groups is 1. The number of carbonyl (C=O) groups excluding carboxylic acids is 1. The van der Waals surface area contributed by atoms with E-state index in [1.807, 2.05) is 0 Å². The fourth-order valence-corrected chi connectivity index (χ4v) is 5.93. The molecule has 5 nitrogen and oxygen atoms in total. The molecular weight excluding hydrogens is 556 g/mol. The molecule has 0 aromatic heterocycles. The van der Waals surface area contributed by atoms with Crippen molar-refractivity contribution in [3.8, 4) is 0 Å². The minimum absolute atomic E-state index is 0.109. The summed E-state index contributed by atoms with van der Waals surface area (Å²) in [6.45, 7) is 16.1. The molecule has 270 valence electrons. The number of unbranched alkanes of at least 4 members (excludes halogenated alkanes) is 22. The minimum atomic E-state index is -0.271. The van der Waals surface area contributed by atoms with E-state index in [0.717, 1.165) is 38.8 Å². The Morgan fingerprint density at radius 2 is 0.889 bits per heavy atom. The number of ether oxygens (including phenoxy) is 2. The summed E-state index contributed by atoms with van der Waals surface area (Å²) < 4.78 is 11.7. The highest BCUT2D eigenvalue weighted by molar-refractivity contribution is 5.74. The van der Waals surface area contributed by atoms with Crippen LogP contribution in [0.5, 0.6) is 0 Å². The van der Waals surface area contributed by atoms with E-state index in [-0.39, 0.29) is 17.2 Å². The molecule has 0 radical (unpaired) electrons. The first kappa shape index (κ1) is 44.2. The molecule has 0 aromatic carbocycles. The first-order valence-corrected chi connectivity index (χ1v) is 19.9. The highest BCUT2D eigenvalue weighted by atomic mass is 16.5. The summed E-state index contributed by atoms with van der Waals surface area (Å²) >= 11 is 0. The predicted octanol–water partition coefficient (Wildman–Crippen LogP) is 12.4. The fourth-order valence-electron chi connectivity index (χ4n) is 5.93. The number of rotatable bonds is 34. The van der Waals surface area contributed by atoms with Gasteiger partial charge in [-0.15, -0.1) is 0 Å². The van der Waals surface area contributed by atoms with Crippen LogP contribution in [0.3, 0.4) is 0 Å². The maximum absolute atomic E-state index is 13.2. The molecule has 0 heterocycles. The molecule has 0 saturated heterocycles. The summed E-state index contributed by atoms with van der Waals surface area (Å²) in [6, 6.07) is 0.109. The Kier molecular flexibility index (Phi) is 30.0. The van der Waals surface area contributed by atoms with Gasteiger partial charge < -0.3 is 19.7 Å². The Morgan fingerprint density at radius 3 is 1.24 bits per heavy atom. The third kappa shape index (κ3) is 30.3. The Labute approximate surface area is 283 Å². The van der Waals surface area contributed by atoms with Crippen LogP contribution in [0.1, 0.15) is 208 Å². The van der Waals surface area contributed by atoms with Crippen LogP contribution >= 0.6 is 0 Å². The van der Waals surface area contributed by atoms with Crippen molar-refractivity contribution >= 4 is 6.03 Å². The predicted molar refractivity (Wildman–Crippen MR) is 197 cm³/mol. The van der Waals surface area contributed by atoms with Crippen LogP contribution in [0.15, 0.2) is 0 Å². The van der Waals surface area contributed by atoms with E-state index < -0.39 is 0 Å². The number of amides is 2. The van der Waals surface area contributed by atoms with Crippen molar-refractivity contribution in [3.05, 3.63) is 0 Å². The average molecular weight is 639 g/mol. The molecular formula is C40H82N2O3. The first-order valence-electron chi connectivity index (χ1n) is 19.9. The van der Waals surface area contributed by atoms with Crippen molar-refractivity contribution in [2.24, 2.45) is 0 Å². The highest BCUT2D eigenvalue weighted by Crippen LogP contribution is 2.19. The van der Waals surface area contributed by atoms with Crippen molar-refractivity contribution in [1.82, 2.24) is 10.2 Å². The molecule has 0 aliphatic rings. The van der Waals surface area contributed by atoms with E-state index in [0.29, 0.717) is 13.2 Å². The normalized spacial score (nSPS) is 12.2. The molecule has 0 spiro atoms. The number of nitrogens with one attached hydrogen (secondary N) is 1. The van der Waals surface area contributed by atoms with Crippen molar-refractivity contribution < 1.29 is 14.3 Å². The van der Waals surface area contributed by atoms with Gasteiger partial charge in [-0.1, -0.05) is 155 Å². The van der Waals surface area contributed by atoms with Crippen LogP contribution in [-0.2, 0) is 9.47 Å². The van der Waals surface area contributed by atoms with Gasteiger partial charge in [-0.2, -0.15) is 0 Å². The number of hydrogen-bond acceptors (Lipinski definition) is 3. The van der Waals surface area contributed by atoms with Gasteiger partial charge in [0.25, 0.3) is 0 Å². The van der Waals surface area contributed by atoms with Crippen LogP contribution in [0.25, 0.3) is 0 Å². The minimum Gasteiger partial charge on any atom is -0.379 e. The van der Waals surface area contributed by atoms with Gasteiger partial charge in [-0.05, 0) is 53.4 Å². The third-order valence-corrected chi connectivity index (χ3v) is 9.60. The van der Waals surface area contributed by atoms with Crippen molar-refractivity contribution in [3.63, 3.8) is 0 Å². The fraction of sp³-hybridized carbons (Fsp3) is 0.975. The second-order valence-electron chi connectivity index (χ2n) is 15.1. The van der Waals surface area contributed by atoms with Gasteiger partial charge in [0.15, 0.2) is 0 Å².